The topological polar surface area (TPSA) is 110 Å². The van der Waals surface area contributed by atoms with Gasteiger partial charge in [-0.1, -0.05) is 82.6 Å². The number of carbonyl (C=O) groups is 1. The van der Waals surface area contributed by atoms with E-state index in [0.29, 0.717) is 12.1 Å². The zero-order chi connectivity index (χ0) is 30.9. The summed E-state index contributed by atoms with van der Waals surface area (Å²) in [5.41, 5.74) is 5.59. The van der Waals surface area contributed by atoms with E-state index in [-0.39, 0.29) is 33.6 Å². The molecule has 4 bridgehead atoms. The largest absolute Gasteiger partial charge is 0.467 e. The van der Waals surface area contributed by atoms with E-state index < -0.39 is 22.2 Å². The Morgan fingerprint density at radius 3 is 2.23 bits per heavy atom. The lowest BCUT2D eigenvalue weighted by Gasteiger charge is -2.29. The maximum Gasteiger partial charge on any atom is 0.264 e. The summed E-state index contributed by atoms with van der Waals surface area (Å²) in [4.78, 5) is 22.6. The summed E-state index contributed by atoms with van der Waals surface area (Å²) in [6, 6.07) is 21.4. The van der Waals surface area contributed by atoms with Crippen LogP contribution in [0.3, 0.4) is 0 Å². The van der Waals surface area contributed by atoms with Crippen molar-refractivity contribution in [2.75, 3.05) is 4.72 Å². The summed E-state index contributed by atoms with van der Waals surface area (Å²) < 4.78 is 36.1. The molecule has 9 heteroatoms. The van der Waals surface area contributed by atoms with Gasteiger partial charge in [-0.15, -0.1) is 0 Å². The number of fused-ring (bicyclic) bond motifs is 4. The van der Waals surface area contributed by atoms with Crippen LogP contribution in [0.25, 0.3) is 11.3 Å². The number of benzene rings is 3. The van der Waals surface area contributed by atoms with Crippen LogP contribution in [0.15, 0.2) is 77.7 Å². The van der Waals surface area contributed by atoms with Crippen LogP contribution in [0.5, 0.6) is 5.88 Å². The van der Waals surface area contributed by atoms with Crippen LogP contribution < -0.4 is 14.8 Å². The lowest BCUT2D eigenvalue weighted by molar-refractivity contribution is 0.0853. The van der Waals surface area contributed by atoms with E-state index in [9.17, 15) is 13.2 Å². The van der Waals surface area contributed by atoms with E-state index in [2.05, 4.69) is 52.9 Å². The van der Waals surface area contributed by atoms with Gasteiger partial charge in [0.05, 0.1) is 16.6 Å². The molecule has 1 amide bonds. The fourth-order valence-corrected chi connectivity index (χ4v) is 6.40. The fraction of sp³-hybridized carbons (Fsp3) is 0.324. The van der Waals surface area contributed by atoms with Crippen molar-refractivity contribution in [2.24, 2.45) is 0 Å². The fourth-order valence-electron chi connectivity index (χ4n) is 5.41. The molecule has 8 nitrogen and oxygen atoms in total. The Morgan fingerprint density at radius 1 is 0.907 bits per heavy atom. The highest BCUT2D eigenvalue weighted by Gasteiger charge is 2.30. The third-order valence-corrected chi connectivity index (χ3v) is 9.03. The number of sulfonamides is 1. The maximum absolute atomic E-state index is 13.5. The number of nitrogens with zero attached hydrogens (tertiary/aromatic N) is 2. The summed E-state index contributed by atoms with van der Waals surface area (Å²) in [6.07, 6.45) is 0.783. The van der Waals surface area contributed by atoms with Gasteiger partial charge in [0.15, 0.2) is 0 Å². The average molecular weight is 599 g/mol. The molecule has 2 atom stereocenters. The molecule has 2 heterocycles. The van der Waals surface area contributed by atoms with Crippen LogP contribution >= 0.6 is 0 Å². The van der Waals surface area contributed by atoms with Crippen molar-refractivity contribution in [3.8, 4) is 17.1 Å². The van der Waals surface area contributed by atoms with Gasteiger partial charge < -0.3 is 10.1 Å². The molecule has 1 aliphatic heterocycles. The Bertz CT molecular complexity index is 1740. The summed E-state index contributed by atoms with van der Waals surface area (Å²) in [5, 5.41) is 3.14. The highest BCUT2D eigenvalue weighted by Crippen LogP contribution is 2.34. The Balaban J connectivity index is 1.73. The first-order chi connectivity index (χ1) is 20.4. The number of hydrogen-bond acceptors (Lipinski definition) is 6. The van der Waals surface area contributed by atoms with Crippen molar-refractivity contribution in [3.63, 3.8) is 0 Å². The molecule has 0 radical (unpaired) electrons. The molecular formula is C34H38N4O4S. The number of nitrogens with one attached hydrogen (secondary N) is 2. The molecule has 4 aromatic rings. The normalized spacial score (nSPS) is 18.2. The van der Waals surface area contributed by atoms with Crippen molar-refractivity contribution in [2.45, 2.75) is 76.8 Å². The predicted molar refractivity (Wildman–Crippen MR) is 169 cm³/mol. The number of amides is 1. The molecule has 224 valence electrons. The first kappa shape index (κ1) is 30.2. The van der Waals surface area contributed by atoms with Crippen molar-refractivity contribution in [3.05, 3.63) is 101 Å². The number of aryl methyl sites for hydroxylation is 2. The molecule has 5 rings (SSSR count). The van der Waals surface area contributed by atoms with Gasteiger partial charge >= 0.3 is 0 Å². The molecule has 0 saturated carbocycles. The zero-order valence-corrected chi connectivity index (χ0v) is 26.2. The second-order valence-electron chi connectivity index (χ2n) is 12.1. The van der Waals surface area contributed by atoms with Crippen LogP contribution in [0.1, 0.15) is 79.3 Å². The van der Waals surface area contributed by atoms with Gasteiger partial charge in [-0.25, -0.2) is 18.1 Å². The molecule has 0 aliphatic carbocycles. The van der Waals surface area contributed by atoms with Crippen LogP contribution in [0.2, 0.25) is 0 Å². The van der Waals surface area contributed by atoms with Crippen molar-refractivity contribution in [1.29, 1.82) is 0 Å². The third kappa shape index (κ3) is 6.57. The summed E-state index contributed by atoms with van der Waals surface area (Å²) in [7, 11) is -4.12. The molecule has 1 aliphatic rings. The Morgan fingerprint density at radius 2 is 1.58 bits per heavy atom. The van der Waals surface area contributed by atoms with Gasteiger partial charge in [0.25, 0.3) is 15.9 Å². The van der Waals surface area contributed by atoms with Gasteiger partial charge in [-0.3, -0.25) is 4.79 Å². The molecule has 3 aromatic carbocycles. The minimum Gasteiger partial charge on any atom is -0.467 e. The van der Waals surface area contributed by atoms with Crippen molar-refractivity contribution in [1.82, 2.24) is 15.3 Å². The molecule has 0 spiro atoms. The second-order valence-corrected chi connectivity index (χ2v) is 13.8. The van der Waals surface area contributed by atoms with E-state index in [0.717, 1.165) is 28.7 Å². The van der Waals surface area contributed by atoms with Gasteiger partial charge in [0.2, 0.25) is 11.8 Å². The summed E-state index contributed by atoms with van der Waals surface area (Å²) in [6.45, 7) is 12.5. The first-order valence-electron chi connectivity index (χ1n) is 14.5. The zero-order valence-electron chi connectivity index (χ0n) is 25.4. The molecule has 43 heavy (non-hydrogen) atoms. The lowest BCUT2D eigenvalue weighted by Crippen LogP contribution is -2.41. The van der Waals surface area contributed by atoms with Crippen LogP contribution in [0, 0.1) is 13.8 Å². The monoisotopic (exact) mass is 598 g/mol. The molecule has 0 saturated heterocycles. The van der Waals surface area contributed by atoms with Gasteiger partial charge in [-0.05, 0) is 66.1 Å². The number of anilines is 1. The van der Waals surface area contributed by atoms with E-state index in [1.165, 1.54) is 17.7 Å². The number of ether oxygens (including phenoxy) is 1. The second kappa shape index (κ2) is 11.8. The summed E-state index contributed by atoms with van der Waals surface area (Å²) >= 11 is 0. The van der Waals surface area contributed by atoms with Gasteiger partial charge in [0, 0.05) is 17.2 Å². The Kier molecular flexibility index (Phi) is 8.29. The quantitative estimate of drug-likeness (QED) is 0.265. The van der Waals surface area contributed by atoms with Gasteiger partial charge in [-0.2, -0.15) is 4.98 Å². The molecule has 2 N–H and O–H groups in total. The van der Waals surface area contributed by atoms with Crippen LogP contribution in [-0.4, -0.2) is 30.3 Å². The molecule has 1 aromatic heterocycles. The van der Waals surface area contributed by atoms with E-state index in [4.69, 9.17) is 4.74 Å². The number of carbonyl (C=O) groups excluding carboxylic acids is 1. The highest BCUT2D eigenvalue weighted by atomic mass is 32.2. The lowest BCUT2D eigenvalue weighted by atomic mass is 9.86. The van der Waals surface area contributed by atoms with Crippen molar-refractivity contribution < 1.29 is 17.9 Å². The highest BCUT2D eigenvalue weighted by molar-refractivity contribution is 7.92. The van der Waals surface area contributed by atoms with E-state index >= 15 is 0 Å². The van der Waals surface area contributed by atoms with Crippen molar-refractivity contribution >= 4 is 21.9 Å². The minimum atomic E-state index is -4.12. The predicted octanol–water partition coefficient (Wildman–Crippen LogP) is 6.89. The third-order valence-electron chi connectivity index (χ3n) is 7.71. The number of aromatic nitrogens is 2. The average Bonchev–Trinajstić information content (AvgIpc) is 2.95. The first-order valence-corrected chi connectivity index (χ1v) is 16.0. The molecule has 0 fully saturated rings. The molecule has 0 unspecified atom stereocenters. The van der Waals surface area contributed by atoms with E-state index in [1.807, 2.05) is 51.1 Å². The number of rotatable bonds is 4. The smallest absolute Gasteiger partial charge is 0.264 e. The Hall–Kier alpha value is -4.24. The summed E-state index contributed by atoms with van der Waals surface area (Å²) in [5.74, 6) is -0.312. The number of hydrogen-bond donors (Lipinski definition) is 2. The van der Waals surface area contributed by atoms with Crippen LogP contribution in [-0.2, 0) is 15.4 Å². The van der Waals surface area contributed by atoms with Gasteiger partial charge in [0.1, 0.15) is 6.10 Å². The SMILES string of the molecule is CCC[C@H]1NC(=O)c2cccc(c2)S(=O)(=O)Nc2nc(cc(-c3c(C)cccc3C)n2)O[C@H]1c1ccc(C(C)(C)C)cc1. The maximum atomic E-state index is 13.5. The standard InChI is InChI=1S/C34H38N4O4S/c1-7-10-27-31(23-15-17-25(18-16-23)34(4,5)6)42-29-20-28(30-21(2)11-8-12-22(30)3)36-33(37-29)38-43(40,41)26-14-9-13-24(19-26)32(39)35-27/h8-9,11-20,27,31H,7,10H2,1-6H3,(H,35,39)(H,36,37,38)/t27-,31+/m1/s1. The minimum absolute atomic E-state index is 0.0365. The van der Waals surface area contributed by atoms with Crippen LogP contribution in [0.4, 0.5) is 5.95 Å². The van der Waals surface area contributed by atoms with E-state index in [1.54, 1.807) is 18.2 Å². The molecular weight excluding hydrogens is 560 g/mol. The Labute approximate surface area is 254 Å².